The van der Waals surface area contributed by atoms with Crippen LogP contribution in [-0.4, -0.2) is 36.1 Å². The Morgan fingerprint density at radius 2 is 2.12 bits per heavy atom. The van der Waals surface area contributed by atoms with Gasteiger partial charge in [-0.2, -0.15) is 5.10 Å². The predicted molar refractivity (Wildman–Crippen MR) is 94.2 cm³/mol. The summed E-state index contributed by atoms with van der Waals surface area (Å²) in [5, 5.41) is 7.94. The van der Waals surface area contributed by atoms with Gasteiger partial charge in [0.1, 0.15) is 11.9 Å². The Morgan fingerprint density at radius 3 is 2.79 bits per heavy atom. The summed E-state index contributed by atoms with van der Waals surface area (Å²) in [5.74, 6) is 1.40. The third-order valence-corrected chi connectivity index (χ3v) is 4.79. The van der Waals surface area contributed by atoms with E-state index in [1.165, 1.54) is 11.3 Å². The van der Waals surface area contributed by atoms with Crippen LogP contribution in [0.1, 0.15) is 30.7 Å². The van der Waals surface area contributed by atoms with Crippen LogP contribution in [0.2, 0.25) is 0 Å². The molecule has 0 bridgehead atoms. The van der Waals surface area contributed by atoms with Gasteiger partial charge in [-0.15, -0.1) is 0 Å². The predicted octanol–water partition coefficient (Wildman–Crippen LogP) is 2.73. The van der Waals surface area contributed by atoms with Gasteiger partial charge in [0.2, 0.25) is 0 Å². The molecule has 1 saturated heterocycles. The molecule has 2 heterocycles. The molecule has 1 aliphatic heterocycles. The van der Waals surface area contributed by atoms with Gasteiger partial charge in [-0.25, -0.2) is 0 Å². The molecule has 130 valence electrons. The Bertz CT molecular complexity index is 638. The van der Waals surface area contributed by atoms with E-state index in [9.17, 15) is 0 Å². The van der Waals surface area contributed by atoms with Gasteiger partial charge < -0.3 is 14.8 Å². The molecule has 1 fully saturated rings. The van der Waals surface area contributed by atoms with Gasteiger partial charge in [0.15, 0.2) is 0 Å². The third kappa shape index (κ3) is 3.97. The number of hydrogen-bond acceptors (Lipinski definition) is 4. The molecule has 0 spiro atoms. The molecule has 1 aliphatic rings. The van der Waals surface area contributed by atoms with Gasteiger partial charge in [0, 0.05) is 38.4 Å². The van der Waals surface area contributed by atoms with Gasteiger partial charge in [-0.05, 0) is 43.5 Å². The number of benzene rings is 1. The summed E-state index contributed by atoms with van der Waals surface area (Å²) >= 11 is 0. The van der Waals surface area contributed by atoms with Crippen molar-refractivity contribution in [3.8, 4) is 5.75 Å². The smallest absolute Gasteiger partial charge is 0.118 e. The normalized spacial score (nSPS) is 21.8. The van der Waals surface area contributed by atoms with E-state index in [0.29, 0.717) is 12.0 Å². The van der Waals surface area contributed by atoms with E-state index in [4.69, 9.17) is 9.47 Å². The topological polar surface area (TPSA) is 48.3 Å². The van der Waals surface area contributed by atoms with E-state index < -0.39 is 0 Å². The summed E-state index contributed by atoms with van der Waals surface area (Å²) in [6.45, 7) is 4.03. The van der Waals surface area contributed by atoms with Crippen LogP contribution in [0.15, 0.2) is 36.5 Å². The van der Waals surface area contributed by atoms with E-state index in [2.05, 4.69) is 35.5 Å². The average molecular weight is 329 g/mol. The van der Waals surface area contributed by atoms with E-state index in [0.717, 1.165) is 31.7 Å². The van der Waals surface area contributed by atoms with Crippen LogP contribution in [0.3, 0.4) is 0 Å². The summed E-state index contributed by atoms with van der Waals surface area (Å²) in [7, 11) is 3.68. The summed E-state index contributed by atoms with van der Waals surface area (Å²) in [6, 6.07) is 10.8. The minimum Gasteiger partial charge on any atom is -0.497 e. The first-order valence-electron chi connectivity index (χ1n) is 8.63. The molecule has 5 heteroatoms. The molecule has 1 aromatic carbocycles. The molecule has 0 aliphatic carbocycles. The van der Waals surface area contributed by atoms with Crippen LogP contribution in [0.5, 0.6) is 5.75 Å². The molecule has 0 radical (unpaired) electrons. The molecule has 5 nitrogen and oxygen atoms in total. The first-order chi connectivity index (χ1) is 11.7. The molecule has 3 rings (SSSR count). The molecule has 2 aromatic rings. The lowest BCUT2D eigenvalue weighted by Gasteiger charge is -2.22. The Hall–Kier alpha value is -1.85. The van der Waals surface area contributed by atoms with E-state index in [1.807, 2.05) is 30.1 Å². The average Bonchev–Trinajstić information content (AvgIpc) is 3.21. The maximum Gasteiger partial charge on any atom is 0.118 e. The Labute approximate surface area is 144 Å². The first-order valence-corrected chi connectivity index (χ1v) is 8.63. The zero-order valence-corrected chi connectivity index (χ0v) is 14.7. The summed E-state index contributed by atoms with van der Waals surface area (Å²) in [5.41, 5.74) is 2.49. The Balaban J connectivity index is 1.51. The third-order valence-electron chi connectivity index (χ3n) is 4.79. The fraction of sp³-hybridized carbons (Fsp3) is 0.526. The molecule has 0 saturated carbocycles. The van der Waals surface area contributed by atoms with Crippen molar-refractivity contribution in [2.45, 2.75) is 31.9 Å². The minimum atomic E-state index is 0.151. The maximum atomic E-state index is 5.95. The van der Waals surface area contributed by atoms with Gasteiger partial charge >= 0.3 is 0 Å². The van der Waals surface area contributed by atoms with Gasteiger partial charge in [0.05, 0.1) is 12.8 Å². The second-order valence-electron chi connectivity index (χ2n) is 6.58. The monoisotopic (exact) mass is 329 g/mol. The SMILES string of the molecule is COc1ccc(C[C@@H](C)NC[C@@H]2CCO[C@H]2c2ccnn2C)cc1. The molecular formula is C19H27N3O2. The van der Waals surface area contributed by atoms with Crippen molar-refractivity contribution in [2.24, 2.45) is 13.0 Å². The van der Waals surface area contributed by atoms with Crippen molar-refractivity contribution in [3.63, 3.8) is 0 Å². The van der Waals surface area contributed by atoms with Crippen LogP contribution in [-0.2, 0) is 18.2 Å². The number of hydrogen-bond donors (Lipinski definition) is 1. The maximum absolute atomic E-state index is 5.95. The molecule has 0 unspecified atom stereocenters. The van der Waals surface area contributed by atoms with Crippen molar-refractivity contribution >= 4 is 0 Å². The second-order valence-corrected chi connectivity index (χ2v) is 6.58. The molecular weight excluding hydrogens is 302 g/mol. The highest BCUT2D eigenvalue weighted by molar-refractivity contribution is 5.27. The molecule has 3 atom stereocenters. The quantitative estimate of drug-likeness (QED) is 0.848. The molecule has 24 heavy (non-hydrogen) atoms. The van der Waals surface area contributed by atoms with Gasteiger partial charge in [-0.1, -0.05) is 12.1 Å². The van der Waals surface area contributed by atoms with Crippen LogP contribution >= 0.6 is 0 Å². The summed E-state index contributed by atoms with van der Waals surface area (Å²) in [4.78, 5) is 0. The largest absolute Gasteiger partial charge is 0.497 e. The number of methoxy groups -OCH3 is 1. The van der Waals surface area contributed by atoms with Crippen LogP contribution < -0.4 is 10.1 Å². The van der Waals surface area contributed by atoms with Crippen molar-refractivity contribution in [1.82, 2.24) is 15.1 Å². The Morgan fingerprint density at radius 1 is 1.33 bits per heavy atom. The van der Waals surface area contributed by atoms with Crippen LogP contribution in [0.4, 0.5) is 0 Å². The lowest BCUT2D eigenvalue weighted by atomic mass is 9.98. The highest BCUT2D eigenvalue weighted by atomic mass is 16.5. The number of aryl methyl sites for hydroxylation is 1. The number of nitrogens with one attached hydrogen (secondary N) is 1. The van der Waals surface area contributed by atoms with Gasteiger partial charge in [0.25, 0.3) is 0 Å². The zero-order valence-electron chi connectivity index (χ0n) is 14.7. The Kier molecular flexibility index (Phi) is 5.53. The number of ether oxygens (including phenoxy) is 2. The number of nitrogens with zero attached hydrogens (tertiary/aromatic N) is 2. The lowest BCUT2D eigenvalue weighted by Crippen LogP contribution is -2.34. The van der Waals surface area contributed by atoms with E-state index in [1.54, 1.807) is 7.11 Å². The highest BCUT2D eigenvalue weighted by Gasteiger charge is 2.31. The van der Waals surface area contributed by atoms with Crippen molar-refractivity contribution < 1.29 is 9.47 Å². The highest BCUT2D eigenvalue weighted by Crippen LogP contribution is 2.33. The van der Waals surface area contributed by atoms with E-state index in [-0.39, 0.29) is 6.10 Å². The van der Waals surface area contributed by atoms with Crippen molar-refractivity contribution in [1.29, 1.82) is 0 Å². The number of aromatic nitrogens is 2. The molecule has 1 aromatic heterocycles. The standard InChI is InChI=1S/C19H27N3O2/c1-14(12-15-4-6-17(23-3)7-5-15)20-13-16-9-11-24-19(16)18-8-10-21-22(18)2/h4-8,10,14,16,19-20H,9,11-13H2,1-3H3/t14-,16+,19-/m1/s1. The zero-order chi connectivity index (χ0) is 16.9. The van der Waals surface area contributed by atoms with Crippen molar-refractivity contribution in [2.75, 3.05) is 20.3 Å². The van der Waals surface area contributed by atoms with Crippen LogP contribution in [0.25, 0.3) is 0 Å². The molecule has 1 N–H and O–H groups in total. The number of rotatable bonds is 7. The van der Waals surface area contributed by atoms with Crippen LogP contribution in [0, 0.1) is 5.92 Å². The minimum absolute atomic E-state index is 0.151. The van der Waals surface area contributed by atoms with Gasteiger partial charge in [-0.3, -0.25) is 4.68 Å². The second kappa shape index (κ2) is 7.81. The summed E-state index contributed by atoms with van der Waals surface area (Å²) in [6.07, 6.45) is 4.10. The lowest BCUT2D eigenvalue weighted by molar-refractivity contribution is 0.0833. The molecule has 0 amide bonds. The van der Waals surface area contributed by atoms with E-state index >= 15 is 0 Å². The summed E-state index contributed by atoms with van der Waals surface area (Å²) < 4.78 is 13.1. The van der Waals surface area contributed by atoms with Crippen molar-refractivity contribution in [3.05, 3.63) is 47.8 Å². The fourth-order valence-electron chi connectivity index (χ4n) is 3.37. The first kappa shape index (κ1) is 17.0. The fourth-order valence-corrected chi connectivity index (χ4v) is 3.37.